The van der Waals surface area contributed by atoms with Crippen LogP contribution in [0.2, 0.25) is 0 Å². The molecule has 0 aromatic heterocycles. The molecule has 1 unspecified atom stereocenters. The van der Waals surface area contributed by atoms with Gasteiger partial charge in [0.2, 0.25) is 6.29 Å². The summed E-state index contributed by atoms with van der Waals surface area (Å²) in [5, 5.41) is 28.4. The van der Waals surface area contributed by atoms with E-state index in [0.29, 0.717) is 5.56 Å². The van der Waals surface area contributed by atoms with Crippen molar-refractivity contribution >= 4 is 12.0 Å². The number of hydrogen-bond acceptors (Lipinski definition) is 6. The molecular weight excluding hydrogens is 242 g/mol. The van der Waals surface area contributed by atoms with Crippen LogP contribution in [0.5, 0.6) is 5.75 Å². The van der Waals surface area contributed by atoms with Crippen LogP contribution in [0.1, 0.15) is 5.56 Å². The number of ether oxygens (including phenoxy) is 1. The maximum atomic E-state index is 10.6. The lowest BCUT2D eigenvalue weighted by atomic mass is 10.1. The van der Waals surface area contributed by atoms with E-state index in [9.17, 15) is 14.9 Å². The Bertz CT molecular complexity index is 434. The van der Waals surface area contributed by atoms with Crippen molar-refractivity contribution in [3.63, 3.8) is 0 Å². The monoisotopic (exact) mass is 254 g/mol. The van der Waals surface area contributed by atoms with Crippen LogP contribution in [0.15, 0.2) is 18.2 Å². The maximum absolute atomic E-state index is 10.6. The zero-order valence-electron chi connectivity index (χ0n) is 9.41. The zero-order chi connectivity index (χ0) is 13.5. The fourth-order valence-electron chi connectivity index (χ4n) is 1.25. The summed E-state index contributed by atoms with van der Waals surface area (Å²) in [4.78, 5) is 20.3. The Morgan fingerprint density at radius 3 is 2.78 bits per heavy atom. The largest absolute Gasteiger partial charge is 0.490 e. The molecule has 18 heavy (non-hydrogen) atoms. The van der Waals surface area contributed by atoms with Gasteiger partial charge in [-0.2, -0.15) is 0 Å². The normalized spacial score (nSPS) is 11.9. The summed E-state index contributed by atoms with van der Waals surface area (Å²) in [7, 11) is 0. The number of benzene rings is 1. The molecule has 0 amide bonds. The lowest BCUT2D eigenvalue weighted by Crippen LogP contribution is -2.21. The van der Waals surface area contributed by atoms with Gasteiger partial charge in [-0.05, 0) is 6.07 Å². The van der Waals surface area contributed by atoms with Crippen LogP contribution in [0, 0.1) is 10.1 Å². The SMILES string of the molecule is O=[C]Cc1ccc([N+](=O)[O-])cc1OCC(O)CO. The van der Waals surface area contributed by atoms with Gasteiger partial charge in [-0.3, -0.25) is 14.9 Å². The van der Waals surface area contributed by atoms with Crippen LogP contribution < -0.4 is 4.74 Å². The zero-order valence-corrected chi connectivity index (χ0v) is 9.41. The molecule has 0 fully saturated rings. The number of non-ortho nitro benzene ring substituents is 1. The molecule has 1 aromatic rings. The Kier molecular flexibility index (Phi) is 5.22. The number of aliphatic hydroxyl groups excluding tert-OH is 2. The third-order valence-electron chi connectivity index (χ3n) is 2.17. The standard InChI is InChI=1S/C11H12NO6/c13-4-3-8-1-2-9(12(16)17)5-11(8)18-7-10(15)6-14/h1-2,5,10,14-15H,3,6-7H2. The number of hydrogen-bond donors (Lipinski definition) is 2. The number of rotatable bonds is 7. The van der Waals surface area contributed by atoms with Gasteiger partial charge in [-0.25, -0.2) is 0 Å². The van der Waals surface area contributed by atoms with Gasteiger partial charge in [0.1, 0.15) is 18.5 Å². The summed E-state index contributed by atoms with van der Waals surface area (Å²) in [6, 6.07) is 3.81. The van der Waals surface area contributed by atoms with E-state index in [1.54, 1.807) is 6.29 Å². The molecule has 0 bridgehead atoms. The highest BCUT2D eigenvalue weighted by molar-refractivity contribution is 5.59. The Labute approximate surface area is 103 Å². The molecule has 7 nitrogen and oxygen atoms in total. The Balaban J connectivity index is 2.92. The second-order valence-electron chi connectivity index (χ2n) is 3.52. The maximum Gasteiger partial charge on any atom is 0.273 e. The van der Waals surface area contributed by atoms with E-state index in [1.165, 1.54) is 12.1 Å². The molecule has 1 rings (SSSR count). The smallest absolute Gasteiger partial charge is 0.273 e. The van der Waals surface area contributed by atoms with Crippen LogP contribution >= 0.6 is 0 Å². The molecule has 0 heterocycles. The second kappa shape index (κ2) is 6.67. The number of nitrogens with zero attached hydrogens (tertiary/aromatic N) is 1. The average molecular weight is 254 g/mol. The highest BCUT2D eigenvalue weighted by Crippen LogP contribution is 2.25. The van der Waals surface area contributed by atoms with Gasteiger partial charge in [0.05, 0.1) is 17.6 Å². The number of carbonyl (C=O) groups excluding carboxylic acids is 1. The summed E-state index contributed by atoms with van der Waals surface area (Å²) in [5.74, 6) is 0.125. The van der Waals surface area contributed by atoms with Crippen molar-refractivity contribution in [1.29, 1.82) is 0 Å². The predicted molar refractivity (Wildman–Crippen MR) is 61.1 cm³/mol. The summed E-state index contributed by atoms with van der Waals surface area (Å²) in [5.41, 5.74) is 0.249. The quantitative estimate of drug-likeness (QED) is 0.522. The highest BCUT2D eigenvalue weighted by atomic mass is 16.6. The van der Waals surface area contributed by atoms with Gasteiger partial charge in [0, 0.05) is 18.1 Å². The fourth-order valence-corrected chi connectivity index (χ4v) is 1.25. The Hall–Kier alpha value is -1.99. The van der Waals surface area contributed by atoms with Gasteiger partial charge in [0.15, 0.2) is 0 Å². The van der Waals surface area contributed by atoms with Crippen molar-refractivity contribution < 1.29 is 24.7 Å². The third-order valence-corrected chi connectivity index (χ3v) is 2.17. The van der Waals surface area contributed by atoms with Crippen molar-refractivity contribution in [2.24, 2.45) is 0 Å². The molecule has 0 aliphatic carbocycles. The van der Waals surface area contributed by atoms with E-state index in [1.807, 2.05) is 0 Å². The first-order valence-electron chi connectivity index (χ1n) is 5.12. The van der Waals surface area contributed by atoms with Crippen molar-refractivity contribution in [2.75, 3.05) is 13.2 Å². The molecule has 0 spiro atoms. The van der Waals surface area contributed by atoms with E-state index in [2.05, 4.69) is 0 Å². The molecular formula is C11H12NO6. The molecule has 2 N–H and O–H groups in total. The first kappa shape index (κ1) is 14.1. The average Bonchev–Trinajstić information content (AvgIpc) is 2.37. The minimum Gasteiger partial charge on any atom is -0.490 e. The number of aliphatic hydroxyl groups is 2. The van der Waals surface area contributed by atoms with Gasteiger partial charge in [0.25, 0.3) is 5.69 Å². The summed E-state index contributed by atoms with van der Waals surface area (Å²) < 4.78 is 5.14. The second-order valence-corrected chi connectivity index (χ2v) is 3.52. The lowest BCUT2D eigenvalue weighted by molar-refractivity contribution is -0.385. The number of nitro groups is 1. The fraction of sp³-hybridized carbons (Fsp3) is 0.364. The topological polar surface area (TPSA) is 110 Å². The molecule has 1 aromatic carbocycles. The molecule has 97 valence electrons. The molecule has 1 atom stereocenters. The molecule has 0 saturated heterocycles. The van der Waals surface area contributed by atoms with Gasteiger partial charge < -0.3 is 14.9 Å². The highest BCUT2D eigenvalue weighted by Gasteiger charge is 2.13. The van der Waals surface area contributed by atoms with E-state index < -0.39 is 17.6 Å². The van der Waals surface area contributed by atoms with E-state index >= 15 is 0 Å². The lowest BCUT2D eigenvalue weighted by Gasteiger charge is -2.12. The van der Waals surface area contributed by atoms with E-state index in [4.69, 9.17) is 14.9 Å². The van der Waals surface area contributed by atoms with E-state index in [-0.39, 0.29) is 24.5 Å². The van der Waals surface area contributed by atoms with Crippen LogP contribution in [0.3, 0.4) is 0 Å². The molecule has 7 heteroatoms. The van der Waals surface area contributed by atoms with Gasteiger partial charge in [-0.15, -0.1) is 0 Å². The first-order chi connectivity index (χ1) is 8.58. The molecule has 0 aliphatic rings. The van der Waals surface area contributed by atoms with Crippen LogP contribution in [-0.4, -0.2) is 40.7 Å². The van der Waals surface area contributed by atoms with Crippen molar-refractivity contribution in [1.82, 2.24) is 0 Å². The van der Waals surface area contributed by atoms with Crippen LogP contribution in [0.25, 0.3) is 0 Å². The third kappa shape index (κ3) is 3.79. The molecule has 0 aliphatic heterocycles. The summed E-state index contributed by atoms with van der Waals surface area (Å²) >= 11 is 0. The van der Waals surface area contributed by atoms with Crippen molar-refractivity contribution in [2.45, 2.75) is 12.5 Å². The van der Waals surface area contributed by atoms with Crippen molar-refractivity contribution in [3.05, 3.63) is 33.9 Å². The first-order valence-corrected chi connectivity index (χ1v) is 5.12. The minimum absolute atomic E-state index is 0.0669. The van der Waals surface area contributed by atoms with Crippen LogP contribution in [0.4, 0.5) is 5.69 Å². The summed E-state index contributed by atoms with van der Waals surface area (Å²) in [6.45, 7) is -0.701. The van der Waals surface area contributed by atoms with E-state index in [0.717, 1.165) is 6.07 Å². The predicted octanol–water partition coefficient (Wildman–Crippen LogP) is -0.0210. The Morgan fingerprint density at radius 2 is 2.22 bits per heavy atom. The van der Waals surface area contributed by atoms with Crippen LogP contribution in [-0.2, 0) is 11.2 Å². The molecule has 1 radical (unpaired) electrons. The van der Waals surface area contributed by atoms with Crippen molar-refractivity contribution in [3.8, 4) is 5.75 Å². The van der Waals surface area contributed by atoms with Gasteiger partial charge >= 0.3 is 0 Å². The number of nitro benzene ring substituents is 1. The summed E-state index contributed by atoms with van der Waals surface area (Å²) in [6.07, 6.45) is 0.510. The Morgan fingerprint density at radius 1 is 1.50 bits per heavy atom. The minimum atomic E-state index is -1.09. The molecule has 0 saturated carbocycles. The van der Waals surface area contributed by atoms with Gasteiger partial charge in [-0.1, -0.05) is 0 Å².